The summed E-state index contributed by atoms with van der Waals surface area (Å²) < 4.78 is 1.70. The van der Waals surface area contributed by atoms with Crippen LogP contribution >= 0.6 is 22.9 Å². The maximum absolute atomic E-state index is 11.4. The Labute approximate surface area is 96.0 Å². The molecule has 0 bridgehead atoms. The molecule has 5 heteroatoms. The van der Waals surface area contributed by atoms with Crippen LogP contribution in [0.4, 0.5) is 0 Å². The van der Waals surface area contributed by atoms with Crippen molar-refractivity contribution in [3.63, 3.8) is 0 Å². The van der Waals surface area contributed by atoms with Gasteiger partial charge in [0, 0.05) is 17.3 Å². The summed E-state index contributed by atoms with van der Waals surface area (Å²) >= 11 is 6.93. The molecule has 0 N–H and O–H groups in total. The van der Waals surface area contributed by atoms with Crippen molar-refractivity contribution in [3.8, 4) is 0 Å². The summed E-state index contributed by atoms with van der Waals surface area (Å²) in [5, 5.41) is 2.45. The van der Waals surface area contributed by atoms with Gasteiger partial charge in [0.15, 0.2) is 0 Å². The molecule has 0 aliphatic heterocycles. The molecule has 78 valence electrons. The molecule has 0 unspecified atom stereocenters. The van der Waals surface area contributed by atoms with Crippen molar-refractivity contribution in [2.24, 2.45) is 0 Å². The smallest absolute Gasteiger partial charge is 0.297 e. The van der Waals surface area contributed by atoms with Crippen molar-refractivity contribution in [2.75, 3.05) is 0 Å². The van der Waals surface area contributed by atoms with Crippen LogP contribution < -0.4 is 4.87 Å². The number of nitrogens with zero attached hydrogens (tertiary/aromatic N) is 2. The lowest BCUT2D eigenvalue weighted by Gasteiger charge is -2.03. The fourth-order valence-electron chi connectivity index (χ4n) is 1.26. The third kappa shape index (κ3) is 2.27. The van der Waals surface area contributed by atoms with E-state index in [-0.39, 0.29) is 4.87 Å². The second-order valence-electron chi connectivity index (χ2n) is 3.20. The van der Waals surface area contributed by atoms with Gasteiger partial charge in [0.25, 0.3) is 0 Å². The number of thiazole rings is 1. The first-order valence-corrected chi connectivity index (χ1v) is 5.68. The van der Waals surface area contributed by atoms with Crippen molar-refractivity contribution in [3.05, 3.63) is 49.8 Å². The normalized spacial score (nSPS) is 10.5. The van der Waals surface area contributed by atoms with Crippen LogP contribution in [0.3, 0.4) is 0 Å². The van der Waals surface area contributed by atoms with Gasteiger partial charge in [-0.25, -0.2) is 0 Å². The van der Waals surface area contributed by atoms with E-state index in [1.807, 2.05) is 18.4 Å². The van der Waals surface area contributed by atoms with E-state index in [0.717, 1.165) is 11.4 Å². The average Bonchev–Trinajstić information content (AvgIpc) is 2.53. The van der Waals surface area contributed by atoms with Crippen LogP contribution in [0.2, 0.25) is 5.02 Å². The lowest BCUT2D eigenvalue weighted by Crippen LogP contribution is -2.15. The molecule has 0 aromatic carbocycles. The topological polar surface area (TPSA) is 34.9 Å². The van der Waals surface area contributed by atoms with Crippen LogP contribution in [0.5, 0.6) is 0 Å². The number of aryl methyl sites for hydroxylation is 1. The molecular weight excluding hydrogens is 232 g/mol. The van der Waals surface area contributed by atoms with Crippen LogP contribution in [-0.4, -0.2) is 9.55 Å². The monoisotopic (exact) mass is 240 g/mol. The van der Waals surface area contributed by atoms with E-state index in [1.165, 1.54) is 11.3 Å². The molecule has 0 atom stereocenters. The zero-order valence-electron chi connectivity index (χ0n) is 8.11. The molecule has 0 saturated carbocycles. The summed E-state index contributed by atoms with van der Waals surface area (Å²) in [6.45, 7) is 2.42. The van der Waals surface area contributed by atoms with E-state index in [9.17, 15) is 4.79 Å². The highest BCUT2D eigenvalue weighted by Crippen LogP contribution is 2.08. The molecule has 3 nitrogen and oxygen atoms in total. The van der Waals surface area contributed by atoms with E-state index >= 15 is 0 Å². The Morgan fingerprint density at radius 3 is 2.87 bits per heavy atom. The molecule has 0 saturated heterocycles. The van der Waals surface area contributed by atoms with Gasteiger partial charge in [0.1, 0.15) is 0 Å². The molecule has 0 fully saturated rings. The summed E-state index contributed by atoms with van der Waals surface area (Å²) in [6, 6.07) is 3.60. The van der Waals surface area contributed by atoms with Crippen LogP contribution in [0.25, 0.3) is 0 Å². The maximum Gasteiger partial charge on any atom is 0.307 e. The largest absolute Gasteiger partial charge is 0.307 e. The third-order valence-corrected chi connectivity index (χ3v) is 3.19. The van der Waals surface area contributed by atoms with Gasteiger partial charge in [-0.15, -0.1) is 0 Å². The van der Waals surface area contributed by atoms with Gasteiger partial charge in [-0.05, 0) is 19.1 Å². The number of rotatable bonds is 2. The van der Waals surface area contributed by atoms with Gasteiger partial charge < -0.3 is 0 Å². The molecule has 2 rings (SSSR count). The highest BCUT2D eigenvalue weighted by molar-refractivity contribution is 7.07. The minimum Gasteiger partial charge on any atom is -0.297 e. The number of halogens is 1. The van der Waals surface area contributed by atoms with Crippen molar-refractivity contribution in [2.45, 2.75) is 13.5 Å². The predicted molar refractivity (Wildman–Crippen MR) is 61.7 cm³/mol. The zero-order chi connectivity index (χ0) is 10.8. The van der Waals surface area contributed by atoms with Crippen LogP contribution in [0.1, 0.15) is 11.4 Å². The quantitative estimate of drug-likeness (QED) is 0.808. The summed E-state index contributed by atoms with van der Waals surface area (Å²) in [5.74, 6) is 0. The summed E-state index contributed by atoms with van der Waals surface area (Å²) in [5.41, 5.74) is 1.80. The average molecular weight is 241 g/mol. The fourth-order valence-corrected chi connectivity index (χ4v) is 2.10. The van der Waals surface area contributed by atoms with Gasteiger partial charge in [0.05, 0.1) is 17.3 Å². The number of hydrogen-bond acceptors (Lipinski definition) is 3. The third-order valence-electron chi connectivity index (χ3n) is 2.09. The van der Waals surface area contributed by atoms with Gasteiger partial charge in [-0.3, -0.25) is 14.3 Å². The van der Waals surface area contributed by atoms with Crippen molar-refractivity contribution in [1.82, 2.24) is 9.55 Å². The van der Waals surface area contributed by atoms with E-state index in [4.69, 9.17) is 11.6 Å². The number of aromatic nitrogens is 2. The van der Waals surface area contributed by atoms with Crippen molar-refractivity contribution < 1.29 is 0 Å². The first-order valence-electron chi connectivity index (χ1n) is 4.42. The molecule has 0 aliphatic carbocycles. The molecule has 15 heavy (non-hydrogen) atoms. The van der Waals surface area contributed by atoms with Crippen LogP contribution in [0.15, 0.2) is 28.5 Å². The SMILES string of the molecule is Cc1csc(=O)n1Cc1ccc(Cl)cn1. The van der Waals surface area contributed by atoms with E-state index in [1.54, 1.807) is 16.8 Å². The van der Waals surface area contributed by atoms with Gasteiger partial charge in [-0.1, -0.05) is 22.9 Å². The Balaban J connectivity index is 2.29. The molecule has 2 aromatic heterocycles. The maximum atomic E-state index is 11.4. The standard InChI is InChI=1S/C10H9ClN2OS/c1-7-6-15-10(14)13(7)5-9-3-2-8(11)4-12-9/h2-4,6H,5H2,1H3. The highest BCUT2D eigenvalue weighted by Gasteiger charge is 2.03. The van der Waals surface area contributed by atoms with Crippen molar-refractivity contribution in [1.29, 1.82) is 0 Å². The first kappa shape index (κ1) is 10.4. The molecular formula is C10H9ClN2OS. The van der Waals surface area contributed by atoms with E-state index < -0.39 is 0 Å². The molecule has 2 heterocycles. The fraction of sp³-hybridized carbons (Fsp3) is 0.200. The molecule has 0 radical (unpaired) electrons. The summed E-state index contributed by atoms with van der Waals surface area (Å²) in [6.07, 6.45) is 1.59. The van der Waals surface area contributed by atoms with E-state index in [2.05, 4.69) is 4.98 Å². The highest BCUT2D eigenvalue weighted by atomic mass is 35.5. The number of hydrogen-bond donors (Lipinski definition) is 0. The lowest BCUT2D eigenvalue weighted by atomic mass is 10.3. The Morgan fingerprint density at radius 1 is 1.53 bits per heavy atom. The lowest BCUT2D eigenvalue weighted by molar-refractivity contribution is 0.735. The zero-order valence-corrected chi connectivity index (χ0v) is 9.68. The minimum absolute atomic E-state index is 0.0456. The summed E-state index contributed by atoms with van der Waals surface area (Å²) in [7, 11) is 0. The van der Waals surface area contributed by atoms with Crippen LogP contribution in [-0.2, 0) is 6.54 Å². The predicted octanol–water partition coefficient (Wildman–Crippen LogP) is 2.31. The minimum atomic E-state index is 0.0456. The Kier molecular flexibility index (Phi) is 2.88. The van der Waals surface area contributed by atoms with Gasteiger partial charge in [-0.2, -0.15) is 0 Å². The first-order chi connectivity index (χ1) is 7.16. The second kappa shape index (κ2) is 4.16. The van der Waals surface area contributed by atoms with Crippen molar-refractivity contribution >= 4 is 22.9 Å². The Bertz CT molecular complexity index is 515. The summed E-state index contributed by atoms with van der Waals surface area (Å²) in [4.78, 5) is 15.6. The molecule has 2 aromatic rings. The van der Waals surface area contributed by atoms with Crippen LogP contribution in [0, 0.1) is 6.92 Å². The Morgan fingerprint density at radius 2 is 2.33 bits per heavy atom. The molecule has 0 aliphatic rings. The van der Waals surface area contributed by atoms with Gasteiger partial charge >= 0.3 is 4.87 Å². The number of pyridine rings is 1. The van der Waals surface area contributed by atoms with Gasteiger partial charge in [0.2, 0.25) is 0 Å². The molecule has 0 spiro atoms. The Hall–Kier alpha value is -1.13. The van der Waals surface area contributed by atoms with E-state index in [0.29, 0.717) is 11.6 Å². The molecule has 0 amide bonds. The second-order valence-corrected chi connectivity index (χ2v) is 4.45.